The molecule has 1 aromatic carbocycles. The quantitative estimate of drug-likeness (QED) is 0.862. The van der Waals surface area contributed by atoms with Gasteiger partial charge in [-0.1, -0.05) is 18.6 Å². The zero-order valence-corrected chi connectivity index (χ0v) is 9.98. The van der Waals surface area contributed by atoms with Gasteiger partial charge < -0.3 is 10.1 Å². The topological polar surface area (TPSA) is 45.0 Å². The van der Waals surface area contributed by atoms with Gasteiger partial charge in [-0.05, 0) is 37.1 Å². The molecular formula is C14H18N2O. The Hall–Kier alpha value is -1.37. The largest absolute Gasteiger partial charge is 0.375 e. The van der Waals surface area contributed by atoms with Crippen LogP contribution in [0.3, 0.4) is 0 Å². The van der Waals surface area contributed by atoms with Crippen molar-refractivity contribution in [1.29, 1.82) is 5.26 Å². The molecule has 1 fully saturated rings. The van der Waals surface area contributed by atoms with Crippen LogP contribution in [-0.2, 0) is 11.3 Å². The molecule has 1 saturated heterocycles. The molecule has 0 bridgehead atoms. The summed E-state index contributed by atoms with van der Waals surface area (Å²) in [4.78, 5) is 0. The van der Waals surface area contributed by atoms with E-state index in [1.165, 1.54) is 19.3 Å². The van der Waals surface area contributed by atoms with Crippen LogP contribution in [0.5, 0.6) is 0 Å². The molecule has 3 nitrogen and oxygen atoms in total. The van der Waals surface area contributed by atoms with E-state index in [4.69, 9.17) is 10.00 Å². The third-order valence-electron chi connectivity index (χ3n) is 3.08. The number of hydrogen-bond acceptors (Lipinski definition) is 3. The van der Waals surface area contributed by atoms with E-state index < -0.39 is 0 Å². The second kappa shape index (κ2) is 6.39. The second-order valence-corrected chi connectivity index (χ2v) is 4.47. The molecule has 0 radical (unpaired) electrons. The second-order valence-electron chi connectivity index (χ2n) is 4.47. The lowest BCUT2D eigenvalue weighted by Gasteiger charge is -2.23. The Morgan fingerprint density at radius 2 is 2.12 bits per heavy atom. The Morgan fingerprint density at radius 1 is 1.29 bits per heavy atom. The van der Waals surface area contributed by atoms with Gasteiger partial charge in [-0.15, -0.1) is 0 Å². The molecule has 17 heavy (non-hydrogen) atoms. The fourth-order valence-electron chi connectivity index (χ4n) is 2.06. The highest BCUT2D eigenvalue weighted by Gasteiger charge is 2.11. The van der Waals surface area contributed by atoms with Gasteiger partial charge in [0, 0.05) is 6.04 Å². The van der Waals surface area contributed by atoms with Crippen LogP contribution in [0, 0.1) is 11.3 Å². The number of ether oxygens (including phenoxy) is 1. The van der Waals surface area contributed by atoms with Crippen LogP contribution in [0.4, 0.5) is 0 Å². The number of piperidine rings is 1. The highest BCUT2D eigenvalue weighted by molar-refractivity contribution is 5.31. The Bertz CT molecular complexity index is 374. The zero-order valence-electron chi connectivity index (χ0n) is 9.98. The van der Waals surface area contributed by atoms with Crippen LogP contribution in [-0.4, -0.2) is 19.2 Å². The molecule has 3 heteroatoms. The van der Waals surface area contributed by atoms with Gasteiger partial charge in [0.05, 0.1) is 24.8 Å². The minimum Gasteiger partial charge on any atom is -0.375 e. The van der Waals surface area contributed by atoms with Gasteiger partial charge in [0.15, 0.2) is 0 Å². The van der Waals surface area contributed by atoms with E-state index >= 15 is 0 Å². The molecule has 1 aliphatic rings. The minimum absolute atomic E-state index is 0.516. The molecule has 0 aliphatic carbocycles. The monoisotopic (exact) mass is 230 g/mol. The lowest BCUT2D eigenvalue weighted by molar-refractivity contribution is 0.0911. The van der Waals surface area contributed by atoms with E-state index in [0.717, 1.165) is 18.7 Å². The van der Waals surface area contributed by atoms with Crippen molar-refractivity contribution < 1.29 is 4.74 Å². The summed E-state index contributed by atoms with van der Waals surface area (Å²) in [6.45, 7) is 2.52. The smallest absolute Gasteiger partial charge is 0.0991 e. The van der Waals surface area contributed by atoms with E-state index in [1.807, 2.05) is 24.3 Å². The first kappa shape index (κ1) is 12.1. The molecular weight excluding hydrogens is 212 g/mol. The number of nitriles is 1. The maximum absolute atomic E-state index is 8.69. The van der Waals surface area contributed by atoms with E-state index in [9.17, 15) is 0 Å². The molecule has 1 aromatic rings. The first-order valence-electron chi connectivity index (χ1n) is 6.18. The third-order valence-corrected chi connectivity index (χ3v) is 3.08. The van der Waals surface area contributed by atoms with Gasteiger partial charge >= 0.3 is 0 Å². The summed E-state index contributed by atoms with van der Waals surface area (Å²) < 4.78 is 5.69. The highest BCUT2D eigenvalue weighted by atomic mass is 16.5. The van der Waals surface area contributed by atoms with Crippen molar-refractivity contribution in [2.75, 3.05) is 13.2 Å². The van der Waals surface area contributed by atoms with Crippen LogP contribution < -0.4 is 5.32 Å². The number of nitrogens with one attached hydrogen (secondary N) is 1. The molecule has 0 aromatic heterocycles. The molecule has 1 unspecified atom stereocenters. The van der Waals surface area contributed by atoms with Gasteiger partial charge in [-0.2, -0.15) is 5.26 Å². The van der Waals surface area contributed by atoms with Crippen LogP contribution in [0.1, 0.15) is 30.4 Å². The minimum atomic E-state index is 0.516. The predicted molar refractivity (Wildman–Crippen MR) is 66.5 cm³/mol. The molecule has 90 valence electrons. The Kier molecular flexibility index (Phi) is 4.54. The SMILES string of the molecule is N#Cc1ccc(COCC2CCCCN2)cc1. The van der Waals surface area contributed by atoms with Gasteiger partial charge in [0.1, 0.15) is 0 Å². The number of rotatable bonds is 4. The van der Waals surface area contributed by atoms with Crippen molar-refractivity contribution in [2.24, 2.45) is 0 Å². The van der Waals surface area contributed by atoms with E-state index in [0.29, 0.717) is 18.2 Å². The average Bonchev–Trinajstić information content (AvgIpc) is 2.41. The molecule has 1 N–H and O–H groups in total. The molecule has 0 amide bonds. The highest BCUT2D eigenvalue weighted by Crippen LogP contribution is 2.09. The summed E-state index contributed by atoms with van der Waals surface area (Å²) in [6, 6.07) is 10.2. The summed E-state index contributed by atoms with van der Waals surface area (Å²) in [5, 5.41) is 12.1. The Morgan fingerprint density at radius 3 is 2.76 bits per heavy atom. The average molecular weight is 230 g/mol. The van der Waals surface area contributed by atoms with Gasteiger partial charge in [0.25, 0.3) is 0 Å². The Balaban J connectivity index is 1.72. The van der Waals surface area contributed by atoms with Crippen molar-refractivity contribution in [3.63, 3.8) is 0 Å². The fraction of sp³-hybridized carbons (Fsp3) is 0.500. The van der Waals surface area contributed by atoms with Crippen LogP contribution >= 0.6 is 0 Å². The molecule has 1 aliphatic heterocycles. The van der Waals surface area contributed by atoms with Crippen molar-refractivity contribution in [1.82, 2.24) is 5.32 Å². The summed E-state index contributed by atoms with van der Waals surface area (Å²) in [7, 11) is 0. The van der Waals surface area contributed by atoms with Crippen LogP contribution in [0.15, 0.2) is 24.3 Å². The van der Waals surface area contributed by atoms with Crippen molar-refractivity contribution in [2.45, 2.75) is 31.9 Å². The summed E-state index contributed by atoms with van der Waals surface area (Å²) in [5.74, 6) is 0. The summed E-state index contributed by atoms with van der Waals surface area (Å²) >= 11 is 0. The number of hydrogen-bond donors (Lipinski definition) is 1. The molecule has 0 spiro atoms. The van der Waals surface area contributed by atoms with Gasteiger partial charge in [0.2, 0.25) is 0 Å². The number of nitrogens with zero attached hydrogens (tertiary/aromatic N) is 1. The first-order chi connectivity index (χ1) is 8.38. The maximum Gasteiger partial charge on any atom is 0.0991 e. The van der Waals surface area contributed by atoms with Crippen molar-refractivity contribution in [3.05, 3.63) is 35.4 Å². The zero-order chi connectivity index (χ0) is 11.9. The molecule has 0 saturated carbocycles. The lowest BCUT2D eigenvalue weighted by atomic mass is 10.1. The summed E-state index contributed by atoms with van der Waals surface area (Å²) in [5.41, 5.74) is 1.82. The normalized spacial score (nSPS) is 19.8. The van der Waals surface area contributed by atoms with E-state index in [1.54, 1.807) is 0 Å². The maximum atomic E-state index is 8.69. The lowest BCUT2D eigenvalue weighted by Crippen LogP contribution is -2.37. The third kappa shape index (κ3) is 3.85. The fourth-order valence-corrected chi connectivity index (χ4v) is 2.06. The predicted octanol–water partition coefficient (Wildman–Crippen LogP) is 2.22. The summed E-state index contributed by atoms with van der Waals surface area (Å²) in [6.07, 6.45) is 3.80. The molecule has 1 heterocycles. The van der Waals surface area contributed by atoms with Gasteiger partial charge in [-0.25, -0.2) is 0 Å². The van der Waals surface area contributed by atoms with Crippen molar-refractivity contribution >= 4 is 0 Å². The first-order valence-corrected chi connectivity index (χ1v) is 6.18. The van der Waals surface area contributed by atoms with Crippen LogP contribution in [0.25, 0.3) is 0 Å². The molecule has 1 atom stereocenters. The Labute approximate surface area is 102 Å². The van der Waals surface area contributed by atoms with Crippen molar-refractivity contribution in [3.8, 4) is 6.07 Å². The van der Waals surface area contributed by atoms with Gasteiger partial charge in [-0.3, -0.25) is 0 Å². The number of benzene rings is 1. The van der Waals surface area contributed by atoms with E-state index in [-0.39, 0.29) is 0 Å². The van der Waals surface area contributed by atoms with E-state index in [2.05, 4.69) is 11.4 Å². The standard InChI is InChI=1S/C14H18N2O/c15-9-12-4-6-13(7-5-12)10-17-11-14-3-1-2-8-16-14/h4-7,14,16H,1-3,8,10-11H2. The van der Waals surface area contributed by atoms with Crippen LogP contribution in [0.2, 0.25) is 0 Å². The molecule has 2 rings (SSSR count).